The summed E-state index contributed by atoms with van der Waals surface area (Å²) in [4.78, 5) is 41.1. The zero-order valence-corrected chi connectivity index (χ0v) is 16.0. The molecular formula is C22H25N3O3. The highest BCUT2D eigenvalue weighted by Crippen LogP contribution is 2.20. The van der Waals surface area contributed by atoms with Crippen molar-refractivity contribution in [3.63, 3.8) is 0 Å². The lowest BCUT2D eigenvalue weighted by molar-refractivity contribution is -0.133. The second kappa shape index (κ2) is 8.69. The summed E-state index contributed by atoms with van der Waals surface area (Å²) in [6, 6.07) is 16.3. The molecule has 0 aromatic heterocycles. The van der Waals surface area contributed by atoms with E-state index in [1.165, 1.54) is 0 Å². The van der Waals surface area contributed by atoms with Gasteiger partial charge in [0, 0.05) is 32.1 Å². The van der Waals surface area contributed by atoms with Crippen LogP contribution in [0.4, 0.5) is 0 Å². The minimum atomic E-state index is -0.632. The quantitative estimate of drug-likeness (QED) is 0.866. The van der Waals surface area contributed by atoms with Gasteiger partial charge in [-0.1, -0.05) is 49.4 Å². The average molecular weight is 379 g/mol. The minimum absolute atomic E-state index is 0.0363. The molecule has 3 rings (SSSR count). The molecule has 2 aromatic rings. The standard InChI is InChI=1S/C22H25N3O3/c1-2-17-15-24(22(28)19-11-7-6-10-18(19)21(23)27)13-12-20(26)25(17)14-16-8-4-3-5-9-16/h3-11,17H,2,12-15H2,1H3,(H2,23,27). The normalized spacial score (nSPS) is 17.3. The molecule has 146 valence electrons. The molecule has 1 aliphatic rings. The van der Waals surface area contributed by atoms with Crippen LogP contribution in [0, 0.1) is 0 Å². The lowest BCUT2D eigenvalue weighted by Gasteiger charge is -2.31. The Kier molecular flexibility index (Phi) is 6.09. The van der Waals surface area contributed by atoms with Crippen molar-refractivity contribution in [1.82, 2.24) is 9.80 Å². The summed E-state index contributed by atoms with van der Waals surface area (Å²) < 4.78 is 0. The van der Waals surface area contributed by atoms with Crippen LogP contribution in [0.5, 0.6) is 0 Å². The van der Waals surface area contributed by atoms with Crippen LogP contribution in [0.25, 0.3) is 0 Å². The zero-order valence-electron chi connectivity index (χ0n) is 16.0. The van der Waals surface area contributed by atoms with Gasteiger partial charge in [0.15, 0.2) is 0 Å². The van der Waals surface area contributed by atoms with E-state index in [1.54, 1.807) is 29.2 Å². The van der Waals surface area contributed by atoms with Gasteiger partial charge in [-0.2, -0.15) is 0 Å². The Hall–Kier alpha value is -3.15. The molecule has 0 radical (unpaired) electrons. The van der Waals surface area contributed by atoms with Crippen LogP contribution in [0.15, 0.2) is 54.6 Å². The van der Waals surface area contributed by atoms with Crippen LogP contribution in [-0.4, -0.2) is 46.7 Å². The summed E-state index contributed by atoms with van der Waals surface area (Å²) in [5.74, 6) is -0.857. The predicted octanol–water partition coefficient (Wildman–Crippen LogP) is 2.44. The van der Waals surface area contributed by atoms with Crippen molar-refractivity contribution >= 4 is 17.7 Å². The van der Waals surface area contributed by atoms with Gasteiger partial charge in [-0.25, -0.2) is 0 Å². The maximum absolute atomic E-state index is 13.1. The second-order valence-corrected chi connectivity index (χ2v) is 6.98. The van der Waals surface area contributed by atoms with Crippen LogP contribution in [0.2, 0.25) is 0 Å². The fraction of sp³-hybridized carbons (Fsp3) is 0.318. The van der Waals surface area contributed by atoms with Gasteiger partial charge in [-0.3, -0.25) is 14.4 Å². The van der Waals surface area contributed by atoms with E-state index in [-0.39, 0.29) is 35.4 Å². The Morgan fingerprint density at radius 1 is 1.04 bits per heavy atom. The lowest BCUT2D eigenvalue weighted by atomic mass is 10.0. The van der Waals surface area contributed by atoms with Crippen LogP contribution < -0.4 is 5.73 Å². The monoisotopic (exact) mass is 379 g/mol. The minimum Gasteiger partial charge on any atom is -0.366 e. The number of carbonyl (C=O) groups is 3. The molecule has 28 heavy (non-hydrogen) atoms. The number of hydrogen-bond donors (Lipinski definition) is 1. The third-order valence-corrected chi connectivity index (χ3v) is 5.16. The molecule has 0 bridgehead atoms. The van der Waals surface area contributed by atoms with Crippen molar-refractivity contribution < 1.29 is 14.4 Å². The maximum Gasteiger partial charge on any atom is 0.254 e. The molecule has 0 saturated carbocycles. The topological polar surface area (TPSA) is 83.7 Å². The smallest absolute Gasteiger partial charge is 0.254 e. The fourth-order valence-electron chi connectivity index (χ4n) is 3.61. The van der Waals surface area contributed by atoms with Crippen molar-refractivity contribution in [3.8, 4) is 0 Å². The van der Waals surface area contributed by atoms with Gasteiger partial charge in [0.2, 0.25) is 11.8 Å². The largest absolute Gasteiger partial charge is 0.366 e. The summed E-state index contributed by atoms with van der Waals surface area (Å²) in [7, 11) is 0. The average Bonchev–Trinajstić information content (AvgIpc) is 2.87. The van der Waals surface area contributed by atoms with Gasteiger partial charge >= 0.3 is 0 Å². The highest BCUT2D eigenvalue weighted by Gasteiger charge is 2.32. The number of rotatable bonds is 5. The van der Waals surface area contributed by atoms with Gasteiger partial charge in [0.25, 0.3) is 5.91 Å². The first-order chi connectivity index (χ1) is 13.5. The van der Waals surface area contributed by atoms with E-state index >= 15 is 0 Å². The van der Waals surface area contributed by atoms with Crippen molar-refractivity contribution in [2.75, 3.05) is 13.1 Å². The zero-order chi connectivity index (χ0) is 20.1. The van der Waals surface area contributed by atoms with Gasteiger partial charge in [-0.05, 0) is 24.1 Å². The van der Waals surface area contributed by atoms with E-state index in [2.05, 4.69) is 0 Å². The number of nitrogens with zero attached hydrogens (tertiary/aromatic N) is 2. The highest BCUT2D eigenvalue weighted by molar-refractivity contribution is 6.06. The highest BCUT2D eigenvalue weighted by atomic mass is 16.2. The number of benzene rings is 2. The first-order valence-electron chi connectivity index (χ1n) is 9.52. The molecule has 2 N–H and O–H groups in total. The Labute approximate surface area is 164 Å². The van der Waals surface area contributed by atoms with Crippen LogP contribution in [0.1, 0.15) is 46.0 Å². The van der Waals surface area contributed by atoms with E-state index in [1.807, 2.05) is 42.2 Å². The molecule has 6 heteroatoms. The summed E-state index contributed by atoms with van der Waals surface area (Å²) >= 11 is 0. The summed E-state index contributed by atoms with van der Waals surface area (Å²) in [5, 5.41) is 0. The predicted molar refractivity (Wildman–Crippen MR) is 107 cm³/mol. The summed E-state index contributed by atoms with van der Waals surface area (Å²) in [5.41, 5.74) is 6.98. The lowest BCUT2D eigenvalue weighted by Crippen LogP contribution is -2.44. The molecule has 0 aliphatic carbocycles. The van der Waals surface area contributed by atoms with E-state index in [4.69, 9.17) is 5.73 Å². The van der Waals surface area contributed by atoms with Crippen LogP contribution in [0.3, 0.4) is 0 Å². The van der Waals surface area contributed by atoms with Gasteiger partial charge in [-0.15, -0.1) is 0 Å². The van der Waals surface area contributed by atoms with Gasteiger partial charge < -0.3 is 15.5 Å². The third-order valence-electron chi connectivity index (χ3n) is 5.16. The summed E-state index contributed by atoms with van der Waals surface area (Å²) in [6.45, 7) is 3.30. The van der Waals surface area contributed by atoms with Crippen molar-refractivity contribution in [1.29, 1.82) is 0 Å². The number of hydrogen-bond acceptors (Lipinski definition) is 3. The Bertz CT molecular complexity index is 866. The van der Waals surface area contributed by atoms with E-state index < -0.39 is 5.91 Å². The Balaban J connectivity index is 1.83. The first kappa shape index (κ1) is 19.6. The second-order valence-electron chi connectivity index (χ2n) is 6.98. The molecule has 1 atom stereocenters. The van der Waals surface area contributed by atoms with Gasteiger partial charge in [0.1, 0.15) is 0 Å². The fourth-order valence-corrected chi connectivity index (χ4v) is 3.61. The third kappa shape index (κ3) is 4.22. The van der Waals surface area contributed by atoms with Crippen molar-refractivity contribution in [3.05, 3.63) is 71.3 Å². The molecule has 1 aliphatic heterocycles. The van der Waals surface area contributed by atoms with Gasteiger partial charge in [0.05, 0.1) is 11.1 Å². The Morgan fingerprint density at radius 2 is 1.68 bits per heavy atom. The maximum atomic E-state index is 13.1. The molecule has 2 aromatic carbocycles. The molecule has 1 saturated heterocycles. The van der Waals surface area contributed by atoms with Crippen molar-refractivity contribution in [2.45, 2.75) is 32.4 Å². The molecule has 6 nitrogen and oxygen atoms in total. The van der Waals surface area contributed by atoms with E-state index in [9.17, 15) is 14.4 Å². The van der Waals surface area contributed by atoms with Crippen LogP contribution >= 0.6 is 0 Å². The van der Waals surface area contributed by atoms with Crippen molar-refractivity contribution in [2.24, 2.45) is 5.73 Å². The summed E-state index contributed by atoms with van der Waals surface area (Å²) in [6.07, 6.45) is 0.994. The Morgan fingerprint density at radius 3 is 2.32 bits per heavy atom. The molecule has 3 amide bonds. The number of nitrogens with two attached hydrogens (primary N) is 1. The first-order valence-corrected chi connectivity index (χ1v) is 9.52. The number of carbonyl (C=O) groups excluding carboxylic acids is 3. The number of amides is 3. The molecular weight excluding hydrogens is 354 g/mol. The molecule has 0 spiro atoms. The SMILES string of the molecule is CCC1CN(C(=O)c2ccccc2C(N)=O)CCC(=O)N1Cc1ccccc1. The molecule has 1 heterocycles. The van der Waals surface area contributed by atoms with E-state index in [0.717, 1.165) is 12.0 Å². The molecule has 1 fully saturated rings. The molecule has 1 unspecified atom stereocenters. The van der Waals surface area contributed by atoms with Crippen LogP contribution in [-0.2, 0) is 11.3 Å². The van der Waals surface area contributed by atoms with E-state index in [0.29, 0.717) is 19.6 Å². The number of primary amides is 1.